The number of halogens is 1. The van der Waals surface area contributed by atoms with Gasteiger partial charge in [-0.25, -0.2) is 0 Å². The first-order valence-electron chi connectivity index (χ1n) is 11.7. The van der Waals surface area contributed by atoms with E-state index in [0.717, 1.165) is 37.0 Å². The smallest absolute Gasteiger partial charge is 0.154 e. The molecule has 1 N–H and O–H groups in total. The number of alkyl halides is 1. The summed E-state index contributed by atoms with van der Waals surface area (Å²) in [5.41, 5.74) is 0. The van der Waals surface area contributed by atoms with Gasteiger partial charge in [-0.3, -0.25) is 0 Å². The quantitative estimate of drug-likeness (QED) is 0.0813. The van der Waals surface area contributed by atoms with E-state index in [9.17, 15) is 5.11 Å². The van der Waals surface area contributed by atoms with Crippen molar-refractivity contribution in [1.82, 2.24) is 0 Å². The van der Waals surface area contributed by atoms with Crippen LogP contribution in [0.25, 0.3) is 0 Å². The van der Waals surface area contributed by atoms with Crippen LogP contribution in [0.15, 0.2) is 0 Å². The molecular formula is C23H49BrO2S. The van der Waals surface area contributed by atoms with Crippen molar-refractivity contribution in [2.45, 2.75) is 129 Å². The monoisotopic (exact) mass is 468 g/mol. The molecule has 0 saturated heterocycles. The van der Waals surface area contributed by atoms with E-state index in [4.69, 9.17) is 4.74 Å². The summed E-state index contributed by atoms with van der Waals surface area (Å²) in [5.74, 6) is 1.06. The number of hydrogen-bond donors (Lipinski definition) is 2. The highest BCUT2D eigenvalue weighted by atomic mass is 79.9. The summed E-state index contributed by atoms with van der Waals surface area (Å²) in [7, 11) is 0. The maximum atomic E-state index is 9.68. The van der Waals surface area contributed by atoms with E-state index in [1.165, 1.54) is 89.9 Å². The largest absolute Gasteiger partial charge is 0.368 e. The van der Waals surface area contributed by atoms with Crippen LogP contribution in [0.3, 0.4) is 0 Å². The van der Waals surface area contributed by atoms with Crippen LogP contribution in [-0.2, 0) is 4.74 Å². The van der Waals surface area contributed by atoms with Gasteiger partial charge in [-0.1, -0.05) is 107 Å². The average Bonchev–Trinajstić information content (AvgIpc) is 2.67. The van der Waals surface area contributed by atoms with Crippen molar-refractivity contribution in [3.8, 4) is 0 Å². The van der Waals surface area contributed by atoms with Gasteiger partial charge in [0.1, 0.15) is 0 Å². The maximum absolute atomic E-state index is 9.68. The van der Waals surface area contributed by atoms with Crippen molar-refractivity contribution >= 4 is 28.6 Å². The number of thiol groups is 1. The minimum absolute atomic E-state index is 0.532. The fraction of sp³-hybridized carbons (Fsp3) is 1.00. The van der Waals surface area contributed by atoms with Crippen LogP contribution >= 0.6 is 28.6 Å². The Hall–Kier alpha value is 0.750. The van der Waals surface area contributed by atoms with Crippen molar-refractivity contribution in [3.63, 3.8) is 0 Å². The standard InChI is InChI=1S/C17H35BrO2.C6H14S/c1-2-3-4-8-11-14-17(19)20-16-13-10-7-5-6-9-12-15-18;1-2-3-4-5-6-7/h17,19H,2-16H2,1H3;7H,2-6H2,1H3. The van der Waals surface area contributed by atoms with Gasteiger partial charge in [0.2, 0.25) is 0 Å². The topological polar surface area (TPSA) is 29.5 Å². The van der Waals surface area contributed by atoms with Crippen LogP contribution in [0.1, 0.15) is 123 Å². The molecule has 1 atom stereocenters. The third kappa shape index (κ3) is 31.7. The molecule has 0 aromatic carbocycles. The first-order valence-corrected chi connectivity index (χ1v) is 13.4. The van der Waals surface area contributed by atoms with Crippen molar-refractivity contribution in [2.75, 3.05) is 17.7 Å². The molecule has 2 nitrogen and oxygen atoms in total. The predicted molar refractivity (Wildman–Crippen MR) is 129 cm³/mol. The summed E-state index contributed by atoms with van der Waals surface area (Å²) in [5, 5.41) is 10.8. The molecule has 166 valence electrons. The summed E-state index contributed by atoms with van der Waals surface area (Å²) in [4.78, 5) is 0. The van der Waals surface area contributed by atoms with Gasteiger partial charge in [0.25, 0.3) is 0 Å². The molecule has 0 saturated carbocycles. The lowest BCUT2D eigenvalue weighted by Crippen LogP contribution is -2.12. The van der Waals surface area contributed by atoms with Gasteiger partial charge >= 0.3 is 0 Å². The average molecular weight is 470 g/mol. The van der Waals surface area contributed by atoms with E-state index in [1.807, 2.05) is 0 Å². The second-order valence-corrected chi connectivity index (χ2v) is 8.72. The molecule has 0 aliphatic carbocycles. The highest BCUT2D eigenvalue weighted by Crippen LogP contribution is 2.10. The highest BCUT2D eigenvalue weighted by Gasteiger charge is 2.03. The van der Waals surface area contributed by atoms with Crippen molar-refractivity contribution in [1.29, 1.82) is 0 Å². The van der Waals surface area contributed by atoms with Gasteiger partial charge in [0.15, 0.2) is 6.29 Å². The lowest BCUT2D eigenvalue weighted by molar-refractivity contribution is -0.105. The highest BCUT2D eigenvalue weighted by molar-refractivity contribution is 9.09. The van der Waals surface area contributed by atoms with Crippen molar-refractivity contribution < 1.29 is 9.84 Å². The van der Waals surface area contributed by atoms with E-state index in [2.05, 4.69) is 42.4 Å². The molecule has 0 aliphatic rings. The third-order valence-corrected chi connectivity index (χ3v) is 5.53. The second kappa shape index (κ2) is 29.0. The summed E-state index contributed by atoms with van der Waals surface area (Å²) in [6, 6.07) is 0. The molecular weight excluding hydrogens is 420 g/mol. The maximum Gasteiger partial charge on any atom is 0.154 e. The Morgan fingerprint density at radius 2 is 1.19 bits per heavy atom. The van der Waals surface area contributed by atoms with Crippen molar-refractivity contribution in [3.05, 3.63) is 0 Å². The number of ether oxygens (including phenoxy) is 1. The van der Waals surface area contributed by atoms with Crippen LogP contribution in [0.4, 0.5) is 0 Å². The van der Waals surface area contributed by atoms with E-state index in [-0.39, 0.29) is 0 Å². The number of rotatable bonds is 20. The molecule has 1 unspecified atom stereocenters. The molecule has 27 heavy (non-hydrogen) atoms. The third-order valence-electron chi connectivity index (χ3n) is 4.65. The fourth-order valence-electron chi connectivity index (χ4n) is 2.84. The molecule has 0 bridgehead atoms. The molecule has 0 radical (unpaired) electrons. The summed E-state index contributed by atoms with van der Waals surface area (Å²) in [6.07, 6.45) is 20.8. The van der Waals surface area contributed by atoms with Crippen LogP contribution in [-0.4, -0.2) is 29.1 Å². The van der Waals surface area contributed by atoms with Crippen LogP contribution in [0.2, 0.25) is 0 Å². The van der Waals surface area contributed by atoms with Crippen LogP contribution in [0.5, 0.6) is 0 Å². The Balaban J connectivity index is 0. The zero-order chi connectivity index (χ0) is 20.4. The molecule has 0 aromatic rings. The molecule has 0 aromatic heterocycles. The molecule has 0 fully saturated rings. The molecule has 0 rings (SSSR count). The van der Waals surface area contributed by atoms with E-state index >= 15 is 0 Å². The lowest BCUT2D eigenvalue weighted by atomic mass is 10.1. The van der Waals surface area contributed by atoms with Gasteiger partial charge in [-0.2, -0.15) is 12.6 Å². The van der Waals surface area contributed by atoms with Gasteiger partial charge < -0.3 is 9.84 Å². The first kappa shape index (κ1) is 29.9. The lowest BCUT2D eigenvalue weighted by Gasteiger charge is -2.11. The first-order chi connectivity index (χ1) is 13.2. The Kier molecular flexibility index (Phi) is 32.1. The van der Waals surface area contributed by atoms with Crippen LogP contribution in [0, 0.1) is 0 Å². The van der Waals surface area contributed by atoms with E-state index in [0.29, 0.717) is 0 Å². The molecule has 0 amide bonds. The van der Waals surface area contributed by atoms with E-state index in [1.54, 1.807) is 0 Å². The number of aliphatic hydroxyl groups excluding tert-OH is 1. The number of aliphatic hydroxyl groups is 1. The fourth-order valence-corrected chi connectivity index (χ4v) is 3.46. The Bertz CT molecular complexity index is 238. The minimum Gasteiger partial charge on any atom is -0.368 e. The normalized spacial score (nSPS) is 11.9. The zero-order valence-corrected chi connectivity index (χ0v) is 20.9. The van der Waals surface area contributed by atoms with Gasteiger partial charge in [-0.05, 0) is 37.9 Å². The summed E-state index contributed by atoms with van der Waals surface area (Å²) >= 11 is 7.55. The van der Waals surface area contributed by atoms with E-state index < -0.39 is 6.29 Å². The van der Waals surface area contributed by atoms with Gasteiger partial charge in [0, 0.05) is 11.9 Å². The Morgan fingerprint density at radius 3 is 1.74 bits per heavy atom. The number of unbranched alkanes of at least 4 members (excludes halogenated alkanes) is 13. The molecule has 0 heterocycles. The van der Waals surface area contributed by atoms with Crippen LogP contribution < -0.4 is 0 Å². The zero-order valence-electron chi connectivity index (χ0n) is 18.4. The molecule has 0 aliphatic heterocycles. The Morgan fingerprint density at radius 1 is 0.704 bits per heavy atom. The van der Waals surface area contributed by atoms with Gasteiger partial charge in [0.05, 0.1) is 0 Å². The summed E-state index contributed by atoms with van der Waals surface area (Å²) < 4.78 is 5.44. The predicted octanol–water partition coefficient (Wildman–Crippen LogP) is 8.30. The van der Waals surface area contributed by atoms with Crippen molar-refractivity contribution in [2.24, 2.45) is 0 Å². The number of hydrogen-bond acceptors (Lipinski definition) is 3. The Labute approximate surface area is 185 Å². The minimum atomic E-state index is -0.532. The SMILES string of the molecule is CCCCCCCC(O)OCCCCCCCCCBr.CCCCCCS. The molecule has 0 spiro atoms. The summed E-state index contributed by atoms with van der Waals surface area (Å²) in [6.45, 7) is 5.16. The second-order valence-electron chi connectivity index (χ2n) is 7.48. The molecule has 4 heteroatoms. The van der Waals surface area contributed by atoms with Gasteiger partial charge in [-0.15, -0.1) is 0 Å².